The predicted octanol–water partition coefficient (Wildman–Crippen LogP) is 2.81. The lowest BCUT2D eigenvalue weighted by atomic mass is 10.1. The van der Waals surface area contributed by atoms with E-state index in [1.54, 1.807) is 39.0 Å². The summed E-state index contributed by atoms with van der Waals surface area (Å²) in [6.45, 7) is 5.04. The molecule has 1 aromatic rings. The summed E-state index contributed by atoms with van der Waals surface area (Å²) in [7, 11) is 0. The Bertz CT molecular complexity index is 646. The molecule has 0 spiro atoms. The number of alkyl carbamates (subject to hydrolysis) is 1. The lowest BCUT2D eigenvalue weighted by molar-refractivity contribution is -0.124. The molecule has 0 aliphatic carbocycles. The van der Waals surface area contributed by atoms with E-state index in [9.17, 15) is 14.4 Å². The first-order valence-corrected chi connectivity index (χ1v) is 8.19. The van der Waals surface area contributed by atoms with Gasteiger partial charge in [-0.25, -0.2) is 4.79 Å². The summed E-state index contributed by atoms with van der Waals surface area (Å²) < 4.78 is 5.67. The van der Waals surface area contributed by atoms with E-state index >= 15 is 0 Å². The molecular formula is C15H19BrClN3O4. The van der Waals surface area contributed by atoms with Gasteiger partial charge in [-0.1, -0.05) is 11.6 Å². The minimum Gasteiger partial charge on any atom is -0.444 e. The second kappa shape index (κ2) is 8.34. The molecule has 0 aliphatic rings. The molecule has 7 nitrogen and oxygen atoms in total. The van der Waals surface area contributed by atoms with Crippen LogP contribution in [0.3, 0.4) is 0 Å². The molecule has 0 aromatic heterocycles. The molecule has 132 valence electrons. The van der Waals surface area contributed by atoms with Gasteiger partial charge in [0.2, 0.25) is 11.8 Å². The van der Waals surface area contributed by atoms with Crippen molar-refractivity contribution < 1.29 is 19.1 Å². The molecule has 0 aliphatic heterocycles. The van der Waals surface area contributed by atoms with Crippen molar-refractivity contribution >= 4 is 51.1 Å². The van der Waals surface area contributed by atoms with Crippen LogP contribution >= 0.6 is 27.5 Å². The monoisotopic (exact) mass is 419 g/mol. The Hall–Kier alpha value is -1.80. The molecule has 1 atom stereocenters. The Morgan fingerprint density at radius 3 is 2.46 bits per heavy atom. The summed E-state index contributed by atoms with van der Waals surface area (Å²) >= 11 is 9.12. The molecule has 24 heavy (non-hydrogen) atoms. The summed E-state index contributed by atoms with van der Waals surface area (Å²) in [5, 5.41) is 5.40. The highest BCUT2D eigenvalue weighted by atomic mass is 79.9. The number of halogens is 2. The van der Waals surface area contributed by atoms with Crippen molar-refractivity contribution in [3.63, 3.8) is 0 Å². The van der Waals surface area contributed by atoms with Crippen LogP contribution in [0.25, 0.3) is 0 Å². The van der Waals surface area contributed by atoms with E-state index in [0.717, 1.165) is 0 Å². The number of nitrogens with two attached hydrogens (primary N) is 1. The third-order valence-electron chi connectivity index (χ3n) is 2.60. The lowest BCUT2D eigenvalue weighted by Crippen LogP contribution is -2.47. The quantitative estimate of drug-likeness (QED) is 0.680. The van der Waals surface area contributed by atoms with Crippen molar-refractivity contribution in [3.8, 4) is 0 Å². The molecule has 1 rings (SSSR count). The molecule has 0 saturated heterocycles. The molecule has 0 radical (unpaired) electrons. The van der Waals surface area contributed by atoms with Crippen molar-refractivity contribution in [2.45, 2.75) is 38.8 Å². The van der Waals surface area contributed by atoms with E-state index < -0.39 is 29.6 Å². The largest absolute Gasteiger partial charge is 0.444 e. The molecule has 3 amide bonds. The van der Waals surface area contributed by atoms with Crippen LogP contribution in [0.5, 0.6) is 0 Å². The summed E-state index contributed by atoms with van der Waals surface area (Å²) in [5.74, 6) is -1.34. The molecule has 0 bridgehead atoms. The van der Waals surface area contributed by atoms with Crippen LogP contribution in [-0.2, 0) is 14.3 Å². The second-order valence-electron chi connectivity index (χ2n) is 5.99. The minimum absolute atomic E-state index is 0.361. The first kappa shape index (κ1) is 20.2. The number of hydrogen-bond donors (Lipinski definition) is 3. The summed E-state index contributed by atoms with van der Waals surface area (Å²) in [5.41, 5.74) is 4.84. The van der Waals surface area contributed by atoms with Gasteiger partial charge in [0.1, 0.15) is 11.6 Å². The zero-order chi connectivity index (χ0) is 18.5. The summed E-state index contributed by atoms with van der Waals surface area (Å²) in [4.78, 5) is 35.3. The lowest BCUT2D eigenvalue weighted by Gasteiger charge is -2.22. The van der Waals surface area contributed by atoms with Crippen LogP contribution in [-0.4, -0.2) is 29.6 Å². The molecule has 0 fully saturated rings. The van der Waals surface area contributed by atoms with Gasteiger partial charge in [-0.2, -0.15) is 0 Å². The van der Waals surface area contributed by atoms with Crippen molar-refractivity contribution in [2.75, 3.05) is 5.32 Å². The zero-order valence-electron chi connectivity index (χ0n) is 13.5. The van der Waals surface area contributed by atoms with Crippen molar-refractivity contribution in [1.29, 1.82) is 0 Å². The molecular weight excluding hydrogens is 402 g/mol. The van der Waals surface area contributed by atoms with Crippen molar-refractivity contribution in [1.82, 2.24) is 5.32 Å². The average molecular weight is 421 g/mol. The Labute approximate surface area is 153 Å². The molecule has 0 saturated carbocycles. The number of amides is 3. The number of benzene rings is 1. The molecule has 9 heteroatoms. The van der Waals surface area contributed by atoms with E-state index in [2.05, 4.69) is 26.6 Å². The minimum atomic E-state index is -1.16. The van der Waals surface area contributed by atoms with Crippen LogP contribution in [0.15, 0.2) is 22.7 Å². The number of carbonyl (C=O) groups excluding carboxylic acids is 3. The maximum atomic E-state index is 12.3. The van der Waals surface area contributed by atoms with E-state index in [0.29, 0.717) is 15.2 Å². The van der Waals surface area contributed by atoms with Gasteiger partial charge in [-0.15, -0.1) is 0 Å². The van der Waals surface area contributed by atoms with Gasteiger partial charge in [-0.05, 0) is 54.9 Å². The van der Waals surface area contributed by atoms with Crippen LogP contribution < -0.4 is 16.4 Å². The van der Waals surface area contributed by atoms with Gasteiger partial charge in [0, 0.05) is 10.2 Å². The fraction of sp³-hybridized carbons (Fsp3) is 0.400. The molecule has 1 aromatic carbocycles. The molecule has 4 N–H and O–H groups in total. The zero-order valence-corrected chi connectivity index (χ0v) is 15.8. The highest BCUT2D eigenvalue weighted by Crippen LogP contribution is 2.25. The number of rotatable bonds is 5. The van der Waals surface area contributed by atoms with E-state index in [1.165, 1.54) is 0 Å². The number of carbonyl (C=O) groups is 3. The molecule has 0 unspecified atom stereocenters. The van der Waals surface area contributed by atoms with Crippen LogP contribution in [0.1, 0.15) is 27.2 Å². The third kappa shape index (κ3) is 7.18. The third-order valence-corrected chi connectivity index (χ3v) is 3.81. The van der Waals surface area contributed by atoms with Crippen LogP contribution in [0.2, 0.25) is 5.02 Å². The average Bonchev–Trinajstić information content (AvgIpc) is 2.39. The fourth-order valence-corrected chi connectivity index (χ4v) is 2.16. The Balaban J connectivity index is 2.82. The number of hydrogen-bond acceptors (Lipinski definition) is 4. The maximum absolute atomic E-state index is 12.3. The van der Waals surface area contributed by atoms with Gasteiger partial charge in [0.25, 0.3) is 0 Å². The van der Waals surface area contributed by atoms with E-state index in [1.807, 2.05) is 0 Å². The highest BCUT2D eigenvalue weighted by molar-refractivity contribution is 9.10. The van der Waals surface area contributed by atoms with Crippen LogP contribution in [0.4, 0.5) is 10.5 Å². The van der Waals surface area contributed by atoms with Gasteiger partial charge in [0.15, 0.2) is 0 Å². The van der Waals surface area contributed by atoms with Gasteiger partial charge >= 0.3 is 6.09 Å². The summed E-state index contributed by atoms with van der Waals surface area (Å²) in [6, 6.07) is 3.60. The van der Waals surface area contributed by atoms with Crippen LogP contribution in [0, 0.1) is 0 Å². The standard InChI is InChI=1S/C15H19BrClN3O4/c1-15(2,3)24-14(23)20-11(7-12(18)21)13(22)19-8-4-5-10(17)9(16)6-8/h4-6,11H,7H2,1-3H3,(H2,18,21)(H,19,22)(H,20,23)/t11-/m1/s1. The topological polar surface area (TPSA) is 111 Å². The van der Waals surface area contributed by atoms with E-state index in [-0.39, 0.29) is 6.42 Å². The number of primary amides is 1. The number of anilines is 1. The SMILES string of the molecule is CC(C)(C)OC(=O)N[C@H](CC(N)=O)C(=O)Nc1ccc(Cl)c(Br)c1. The fourth-order valence-electron chi connectivity index (χ4n) is 1.66. The predicted molar refractivity (Wildman–Crippen MR) is 94.8 cm³/mol. The molecule has 0 heterocycles. The van der Waals surface area contributed by atoms with Crippen molar-refractivity contribution in [2.24, 2.45) is 5.73 Å². The van der Waals surface area contributed by atoms with Gasteiger partial charge in [0.05, 0.1) is 11.4 Å². The second-order valence-corrected chi connectivity index (χ2v) is 7.25. The van der Waals surface area contributed by atoms with Gasteiger partial charge in [-0.3, -0.25) is 9.59 Å². The number of ether oxygens (including phenoxy) is 1. The first-order valence-electron chi connectivity index (χ1n) is 7.01. The highest BCUT2D eigenvalue weighted by Gasteiger charge is 2.26. The Morgan fingerprint density at radius 2 is 1.96 bits per heavy atom. The maximum Gasteiger partial charge on any atom is 0.408 e. The summed E-state index contributed by atoms with van der Waals surface area (Å²) in [6.07, 6.45) is -1.18. The Kier molecular flexibility index (Phi) is 7.04. The van der Waals surface area contributed by atoms with Crippen molar-refractivity contribution in [3.05, 3.63) is 27.7 Å². The number of nitrogens with one attached hydrogen (secondary N) is 2. The van der Waals surface area contributed by atoms with E-state index in [4.69, 9.17) is 22.1 Å². The van der Waals surface area contributed by atoms with Gasteiger partial charge < -0.3 is 21.1 Å². The first-order chi connectivity index (χ1) is 11.0. The smallest absolute Gasteiger partial charge is 0.408 e. The Morgan fingerprint density at radius 1 is 1.33 bits per heavy atom. The normalized spacial score (nSPS) is 12.2.